The third-order valence-electron chi connectivity index (χ3n) is 3.94. The highest BCUT2D eigenvalue weighted by Gasteiger charge is 2.29. The molecule has 0 aromatic carbocycles. The van der Waals surface area contributed by atoms with Crippen molar-refractivity contribution in [3.63, 3.8) is 0 Å². The molecular weight excluding hydrogens is 216 g/mol. The van der Waals surface area contributed by atoms with Crippen molar-refractivity contribution < 1.29 is 9.59 Å². The second-order valence-corrected chi connectivity index (χ2v) is 5.42. The Morgan fingerprint density at radius 3 is 2.71 bits per heavy atom. The van der Waals surface area contributed by atoms with Gasteiger partial charge in [0.15, 0.2) is 0 Å². The number of carbonyl (C=O) groups is 2. The van der Waals surface area contributed by atoms with Crippen LogP contribution in [0.3, 0.4) is 0 Å². The second kappa shape index (κ2) is 5.52. The molecule has 2 aliphatic rings. The smallest absolute Gasteiger partial charge is 0.239 e. The van der Waals surface area contributed by atoms with Crippen LogP contribution in [0, 0.1) is 11.8 Å². The highest BCUT2D eigenvalue weighted by Crippen LogP contribution is 2.29. The lowest BCUT2D eigenvalue weighted by molar-refractivity contribution is -0.139. The summed E-state index contributed by atoms with van der Waals surface area (Å²) in [6.45, 7) is 3.93. The SMILES string of the molecule is CC1CCC(C(=O)N2CCCNC(=O)C2)CC1. The highest BCUT2D eigenvalue weighted by molar-refractivity contribution is 5.86. The van der Waals surface area contributed by atoms with Crippen LogP contribution in [0.4, 0.5) is 0 Å². The van der Waals surface area contributed by atoms with Crippen molar-refractivity contribution in [2.24, 2.45) is 11.8 Å². The normalized spacial score (nSPS) is 30.6. The Balaban J connectivity index is 1.91. The molecular formula is C13H22N2O2. The van der Waals surface area contributed by atoms with Crippen LogP contribution in [0.5, 0.6) is 0 Å². The lowest BCUT2D eigenvalue weighted by Crippen LogP contribution is -2.41. The van der Waals surface area contributed by atoms with E-state index >= 15 is 0 Å². The first kappa shape index (κ1) is 12.4. The molecule has 1 aliphatic heterocycles. The van der Waals surface area contributed by atoms with Gasteiger partial charge in [-0.1, -0.05) is 6.92 Å². The van der Waals surface area contributed by atoms with E-state index in [9.17, 15) is 9.59 Å². The fraction of sp³-hybridized carbons (Fsp3) is 0.846. The van der Waals surface area contributed by atoms with E-state index in [1.165, 1.54) is 0 Å². The summed E-state index contributed by atoms with van der Waals surface area (Å²) in [6.07, 6.45) is 5.17. The third kappa shape index (κ3) is 3.20. The number of amides is 2. The minimum atomic E-state index is -0.0139. The predicted octanol–water partition coefficient (Wildman–Crippen LogP) is 1.16. The van der Waals surface area contributed by atoms with Crippen molar-refractivity contribution in [3.8, 4) is 0 Å². The molecule has 2 rings (SSSR count). The number of hydrogen-bond acceptors (Lipinski definition) is 2. The van der Waals surface area contributed by atoms with Crippen molar-refractivity contribution in [2.45, 2.75) is 39.0 Å². The second-order valence-electron chi connectivity index (χ2n) is 5.42. The summed E-state index contributed by atoms with van der Waals surface area (Å²) in [5.41, 5.74) is 0. The van der Waals surface area contributed by atoms with Crippen molar-refractivity contribution in [3.05, 3.63) is 0 Å². The number of rotatable bonds is 1. The molecule has 4 nitrogen and oxygen atoms in total. The van der Waals surface area contributed by atoms with Crippen LogP contribution in [-0.4, -0.2) is 36.3 Å². The Labute approximate surface area is 103 Å². The Hall–Kier alpha value is -1.06. The molecule has 1 heterocycles. The van der Waals surface area contributed by atoms with E-state index in [4.69, 9.17) is 0 Å². The molecule has 0 atom stereocenters. The lowest BCUT2D eigenvalue weighted by atomic mass is 9.82. The summed E-state index contributed by atoms with van der Waals surface area (Å²) >= 11 is 0. The zero-order chi connectivity index (χ0) is 12.3. The quantitative estimate of drug-likeness (QED) is 0.745. The lowest BCUT2D eigenvalue weighted by Gasteiger charge is -2.29. The summed E-state index contributed by atoms with van der Waals surface area (Å²) in [7, 11) is 0. The van der Waals surface area contributed by atoms with Crippen LogP contribution in [0.1, 0.15) is 39.0 Å². The molecule has 0 bridgehead atoms. The summed E-state index contributed by atoms with van der Waals surface area (Å²) in [5.74, 6) is 1.11. The monoisotopic (exact) mass is 238 g/mol. The van der Waals surface area contributed by atoms with E-state index < -0.39 is 0 Å². The fourth-order valence-electron chi connectivity index (χ4n) is 2.76. The maximum atomic E-state index is 12.3. The molecule has 2 fully saturated rings. The van der Waals surface area contributed by atoms with Gasteiger partial charge in [0.25, 0.3) is 0 Å². The average Bonchev–Trinajstić information content (AvgIpc) is 2.54. The minimum absolute atomic E-state index is 0.0139. The topological polar surface area (TPSA) is 49.4 Å². The zero-order valence-corrected chi connectivity index (χ0v) is 10.6. The van der Waals surface area contributed by atoms with Gasteiger partial charge < -0.3 is 10.2 Å². The zero-order valence-electron chi connectivity index (χ0n) is 10.6. The van der Waals surface area contributed by atoms with E-state index in [0.29, 0.717) is 6.54 Å². The predicted molar refractivity (Wildman–Crippen MR) is 65.3 cm³/mol. The van der Waals surface area contributed by atoms with E-state index in [-0.39, 0.29) is 24.3 Å². The van der Waals surface area contributed by atoms with E-state index in [1.54, 1.807) is 4.90 Å². The molecule has 0 aromatic rings. The van der Waals surface area contributed by atoms with Gasteiger partial charge in [-0.05, 0) is 38.0 Å². The van der Waals surface area contributed by atoms with E-state index in [2.05, 4.69) is 12.2 Å². The van der Waals surface area contributed by atoms with Crippen LogP contribution in [0.2, 0.25) is 0 Å². The maximum absolute atomic E-state index is 12.3. The Morgan fingerprint density at radius 2 is 2.00 bits per heavy atom. The maximum Gasteiger partial charge on any atom is 0.239 e. The Kier molecular flexibility index (Phi) is 4.02. The summed E-state index contributed by atoms with van der Waals surface area (Å²) in [6, 6.07) is 0. The molecule has 1 aliphatic carbocycles. The number of hydrogen-bond donors (Lipinski definition) is 1. The van der Waals surface area contributed by atoms with Crippen LogP contribution in [-0.2, 0) is 9.59 Å². The van der Waals surface area contributed by atoms with Gasteiger partial charge in [0, 0.05) is 19.0 Å². The molecule has 0 radical (unpaired) electrons. The Morgan fingerprint density at radius 1 is 1.29 bits per heavy atom. The molecule has 1 saturated carbocycles. The number of nitrogens with one attached hydrogen (secondary N) is 1. The van der Waals surface area contributed by atoms with Gasteiger partial charge in [-0.15, -0.1) is 0 Å². The van der Waals surface area contributed by atoms with Crippen molar-refractivity contribution >= 4 is 11.8 Å². The first-order valence-corrected chi connectivity index (χ1v) is 6.72. The molecule has 17 heavy (non-hydrogen) atoms. The standard InChI is InChI=1S/C13H22N2O2/c1-10-3-5-11(6-4-10)13(17)15-8-2-7-14-12(16)9-15/h10-11H,2-9H2,1H3,(H,14,16). The van der Waals surface area contributed by atoms with E-state index in [1.807, 2.05) is 0 Å². The molecule has 1 saturated heterocycles. The van der Waals surface area contributed by atoms with Crippen LogP contribution in [0.25, 0.3) is 0 Å². The molecule has 4 heteroatoms. The highest BCUT2D eigenvalue weighted by atomic mass is 16.2. The van der Waals surface area contributed by atoms with Crippen molar-refractivity contribution in [1.82, 2.24) is 10.2 Å². The van der Waals surface area contributed by atoms with Gasteiger partial charge in [-0.2, -0.15) is 0 Å². The largest absolute Gasteiger partial charge is 0.354 e. The third-order valence-corrected chi connectivity index (χ3v) is 3.94. The van der Waals surface area contributed by atoms with Gasteiger partial charge in [-0.3, -0.25) is 9.59 Å². The average molecular weight is 238 g/mol. The fourth-order valence-corrected chi connectivity index (χ4v) is 2.76. The summed E-state index contributed by atoms with van der Waals surface area (Å²) in [5, 5.41) is 2.81. The van der Waals surface area contributed by atoms with Crippen LogP contribution >= 0.6 is 0 Å². The summed E-state index contributed by atoms with van der Waals surface area (Å²) in [4.78, 5) is 25.5. The van der Waals surface area contributed by atoms with Gasteiger partial charge in [0.2, 0.25) is 11.8 Å². The van der Waals surface area contributed by atoms with Crippen LogP contribution in [0.15, 0.2) is 0 Å². The van der Waals surface area contributed by atoms with Crippen LogP contribution < -0.4 is 5.32 Å². The molecule has 0 unspecified atom stereocenters. The summed E-state index contributed by atoms with van der Waals surface area (Å²) < 4.78 is 0. The first-order chi connectivity index (χ1) is 8.16. The van der Waals surface area contributed by atoms with Gasteiger partial charge >= 0.3 is 0 Å². The first-order valence-electron chi connectivity index (χ1n) is 6.72. The van der Waals surface area contributed by atoms with Crippen molar-refractivity contribution in [2.75, 3.05) is 19.6 Å². The number of carbonyl (C=O) groups excluding carboxylic acids is 2. The van der Waals surface area contributed by atoms with Gasteiger partial charge in [0.1, 0.15) is 0 Å². The van der Waals surface area contributed by atoms with E-state index in [0.717, 1.165) is 44.6 Å². The minimum Gasteiger partial charge on any atom is -0.354 e. The molecule has 2 amide bonds. The molecule has 96 valence electrons. The number of nitrogens with zero attached hydrogens (tertiary/aromatic N) is 1. The molecule has 1 N–H and O–H groups in total. The molecule has 0 spiro atoms. The van der Waals surface area contributed by atoms with Crippen molar-refractivity contribution in [1.29, 1.82) is 0 Å². The van der Waals surface area contributed by atoms with Gasteiger partial charge in [-0.25, -0.2) is 0 Å². The molecule has 0 aromatic heterocycles. The van der Waals surface area contributed by atoms with Gasteiger partial charge in [0.05, 0.1) is 6.54 Å². The Bertz CT molecular complexity index is 296.